The number of hydrogen-bond acceptors (Lipinski definition) is 1. The second-order valence-electron chi connectivity index (χ2n) is 3.21. The lowest BCUT2D eigenvalue weighted by molar-refractivity contribution is -0.137. The van der Waals surface area contributed by atoms with Crippen LogP contribution in [0.5, 0.6) is 0 Å². The Kier molecular flexibility index (Phi) is 4.65. The predicted octanol–water partition coefficient (Wildman–Crippen LogP) is 3.93. The first-order valence-corrected chi connectivity index (χ1v) is 5.48. The van der Waals surface area contributed by atoms with Crippen molar-refractivity contribution in [3.63, 3.8) is 0 Å². The Morgan fingerprint density at radius 2 is 1.94 bits per heavy atom. The molecule has 0 saturated heterocycles. The van der Waals surface area contributed by atoms with Crippen molar-refractivity contribution in [1.29, 1.82) is 0 Å². The highest BCUT2D eigenvalue weighted by Gasteiger charge is 2.31. The van der Waals surface area contributed by atoms with Crippen LogP contribution in [0.15, 0.2) is 18.2 Å². The summed E-state index contributed by atoms with van der Waals surface area (Å²) in [4.78, 5) is 11.2. The van der Waals surface area contributed by atoms with Crippen LogP contribution in [-0.2, 0) is 11.0 Å². The molecule has 0 radical (unpaired) electrons. The standard InChI is InChI=1S/C10H8Cl2F3NO/c11-2-1-9(17)16-8-4-6(10(13,14)15)3-7(12)5-8/h3-5H,1-2H2,(H,16,17). The summed E-state index contributed by atoms with van der Waals surface area (Å²) in [5.41, 5.74) is -0.911. The summed E-state index contributed by atoms with van der Waals surface area (Å²) < 4.78 is 37.3. The van der Waals surface area contributed by atoms with Gasteiger partial charge in [-0.15, -0.1) is 11.6 Å². The molecule has 0 spiro atoms. The van der Waals surface area contributed by atoms with Crippen LogP contribution < -0.4 is 5.32 Å². The maximum atomic E-state index is 12.4. The summed E-state index contributed by atoms with van der Waals surface area (Å²) in [6.45, 7) is 0. The van der Waals surface area contributed by atoms with Crippen LogP contribution in [0, 0.1) is 0 Å². The molecule has 0 unspecified atom stereocenters. The summed E-state index contributed by atoms with van der Waals surface area (Å²) >= 11 is 10.9. The smallest absolute Gasteiger partial charge is 0.326 e. The Morgan fingerprint density at radius 1 is 1.29 bits per heavy atom. The third-order valence-corrected chi connectivity index (χ3v) is 2.24. The van der Waals surface area contributed by atoms with E-state index in [0.29, 0.717) is 0 Å². The summed E-state index contributed by atoms with van der Waals surface area (Å²) in [5, 5.41) is 2.19. The average molecular weight is 286 g/mol. The Bertz CT molecular complexity index is 421. The molecule has 0 heterocycles. The number of benzene rings is 1. The fourth-order valence-corrected chi connectivity index (χ4v) is 1.54. The molecule has 0 aromatic heterocycles. The molecule has 7 heteroatoms. The molecule has 94 valence electrons. The molecule has 0 fully saturated rings. The van der Waals surface area contributed by atoms with Gasteiger partial charge in [-0.1, -0.05) is 11.6 Å². The normalized spacial score (nSPS) is 11.4. The van der Waals surface area contributed by atoms with Crippen molar-refractivity contribution >= 4 is 34.8 Å². The summed E-state index contributed by atoms with van der Waals surface area (Å²) in [6.07, 6.45) is -4.48. The monoisotopic (exact) mass is 285 g/mol. The number of rotatable bonds is 3. The zero-order valence-corrected chi connectivity index (χ0v) is 9.96. The zero-order chi connectivity index (χ0) is 13.1. The van der Waals surface area contributed by atoms with Gasteiger partial charge in [-0.2, -0.15) is 13.2 Å². The maximum Gasteiger partial charge on any atom is 0.416 e. The molecule has 0 bridgehead atoms. The van der Waals surface area contributed by atoms with Crippen LogP contribution >= 0.6 is 23.2 Å². The average Bonchev–Trinajstić information content (AvgIpc) is 2.15. The van der Waals surface area contributed by atoms with Crippen molar-refractivity contribution in [3.8, 4) is 0 Å². The highest BCUT2D eigenvalue weighted by molar-refractivity contribution is 6.31. The molecule has 0 aliphatic rings. The first kappa shape index (κ1) is 14.1. The van der Waals surface area contributed by atoms with Gasteiger partial charge >= 0.3 is 6.18 Å². The highest BCUT2D eigenvalue weighted by atomic mass is 35.5. The van der Waals surface area contributed by atoms with E-state index in [4.69, 9.17) is 23.2 Å². The van der Waals surface area contributed by atoms with Crippen LogP contribution in [0.2, 0.25) is 5.02 Å². The second kappa shape index (κ2) is 5.60. The van der Waals surface area contributed by atoms with Crippen LogP contribution in [0.1, 0.15) is 12.0 Å². The number of alkyl halides is 4. The van der Waals surface area contributed by atoms with Gasteiger partial charge in [0.05, 0.1) is 5.56 Å². The number of anilines is 1. The molecular formula is C10H8Cl2F3NO. The topological polar surface area (TPSA) is 29.1 Å². The van der Waals surface area contributed by atoms with Gasteiger partial charge < -0.3 is 5.32 Å². The van der Waals surface area contributed by atoms with Crippen LogP contribution in [0.25, 0.3) is 0 Å². The van der Waals surface area contributed by atoms with E-state index >= 15 is 0 Å². The third kappa shape index (κ3) is 4.44. The molecule has 1 rings (SSSR count). The van der Waals surface area contributed by atoms with Gasteiger partial charge in [0.1, 0.15) is 0 Å². The zero-order valence-electron chi connectivity index (χ0n) is 8.44. The molecular weight excluding hydrogens is 278 g/mol. The summed E-state index contributed by atoms with van der Waals surface area (Å²) in [7, 11) is 0. The van der Waals surface area contributed by atoms with Crippen molar-refractivity contribution < 1.29 is 18.0 Å². The van der Waals surface area contributed by atoms with E-state index in [9.17, 15) is 18.0 Å². The second-order valence-corrected chi connectivity index (χ2v) is 4.03. The van der Waals surface area contributed by atoms with Gasteiger partial charge in [0.25, 0.3) is 0 Å². The molecule has 0 atom stereocenters. The number of hydrogen-bond donors (Lipinski definition) is 1. The van der Waals surface area contributed by atoms with Gasteiger partial charge in [-0.3, -0.25) is 4.79 Å². The number of carbonyl (C=O) groups is 1. The lowest BCUT2D eigenvalue weighted by Crippen LogP contribution is -2.13. The SMILES string of the molecule is O=C(CCCl)Nc1cc(Cl)cc(C(F)(F)F)c1. The lowest BCUT2D eigenvalue weighted by atomic mass is 10.2. The Labute approximate surface area is 106 Å². The van der Waals surface area contributed by atoms with Gasteiger partial charge in [0.2, 0.25) is 5.91 Å². The number of halogens is 5. The largest absolute Gasteiger partial charge is 0.416 e. The highest BCUT2D eigenvalue weighted by Crippen LogP contribution is 2.33. The number of nitrogens with one attached hydrogen (secondary N) is 1. The first-order valence-electron chi connectivity index (χ1n) is 4.56. The Morgan fingerprint density at radius 3 is 2.47 bits per heavy atom. The molecule has 1 aromatic rings. The first-order chi connectivity index (χ1) is 7.82. The molecule has 17 heavy (non-hydrogen) atoms. The Hall–Kier alpha value is -0.940. The quantitative estimate of drug-likeness (QED) is 0.838. The lowest BCUT2D eigenvalue weighted by Gasteiger charge is -2.10. The fourth-order valence-electron chi connectivity index (χ4n) is 1.13. The molecule has 2 nitrogen and oxygen atoms in total. The number of carbonyl (C=O) groups excluding carboxylic acids is 1. The molecule has 0 aliphatic heterocycles. The van der Waals surface area contributed by atoms with Crippen molar-refractivity contribution in [3.05, 3.63) is 28.8 Å². The van der Waals surface area contributed by atoms with Gasteiger partial charge in [-0.05, 0) is 18.2 Å². The Balaban J connectivity index is 2.94. The minimum Gasteiger partial charge on any atom is -0.326 e. The van der Waals surface area contributed by atoms with Gasteiger partial charge in [-0.25, -0.2) is 0 Å². The summed E-state index contributed by atoms with van der Waals surface area (Å²) in [5.74, 6) is -0.367. The van der Waals surface area contributed by atoms with E-state index in [1.165, 1.54) is 6.07 Å². The minimum atomic E-state index is -4.50. The molecule has 0 saturated carbocycles. The van der Waals surface area contributed by atoms with E-state index in [-0.39, 0.29) is 23.0 Å². The van der Waals surface area contributed by atoms with E-state index in [0.717, 1.165) is 12.1 Å². The third-order valence-electron chi connectivity index (χ3n) is 1.83. The molecule has 1 aromatic carbocycles. The van der Waals surface area contributed by atoms with Crippen molar-refractivity contribution in [2.45, 2.75) is 12.6 Å². The predicted molar refractivity (Wildman–Crippen MR) is 60.4 cm³/mol. The maximum absolute atomic E-state index is 12.4. The molecule has 0 aliphatic carbocycles. The summed E-state index contributed by atoms with van der Waals surface area (Å²) in [6, 6.07) is 2.85. The van der Waals surface area contributed by atoms with Crippen LogP contribution in [0.3, 0.4) is 0 Å². The molecule has 1 amide bonds. The van der Waals surface area contributed by atoms with E-state index in [2.05, 4.69) is 5.32 Å². The minimum absolute atomic E-state index is 0.0000540. The van der Waals surface area contributed by atoms with E-state index in [1.807, 2.05) is 0 Å². The number of amides is 1. The molecule has 1 N–H and O–H groups in total. The van der Waals surface area contributed by atoms with Gasteiger partial charge in [0, 0.05) is 23.0 Å². The van der Waals surface area contributed by atoms with Crippen molar-refractivity contribution in [1.82, 2.24) is 0 Å². The van der Waals surface area contributed by atoms with Crippen molar-refractivity contribution in [2.24, 2.45) is 0 Å². The fraction of sp³-hybridized carbons (Fsp3) is 0.300. The van der Waals surface area contributed by atoms with Crippen LogP contribution in [0.4, 0.5) is 18.9 Å². The van der Waals surface area contributed by atoms with Crippen molar-refractivity contribution in [2.75, 3.05) is 11.2 Å². The van der Waals surface area contributed by atoms with Gasteiger partial charge in [0.15, 0.2) is 0 Å². The van der Waals surface area contributed by atoms with Crippen LogP contribution in [-0.4, -0.2) is 11.8 Å². The van der Waals surface area contributed by atoms with E-state index < -0.39 is 17.6 Å². The van der Waals surface area contributed by atoms with E-state index in [1.54, 1.807) is 0 Å².